The topological polar surface area (TPSA) is 77.8 Å². The van der Waals surface area contributed by atoms with Crippen molar-refractivity contribution in [3.05, 3.63) is 29.3 Å². The number of halogens is 1. The molecular formula is C12H14ClNO4. The number of benzene rings is 1. The molecule has 0 aliphatic carbocycles. The molecule has 1 aromatic carbocycles. The number of rotatable bonds is 6. The van der Waals surface area contributed by atoms with Crippen LogP contribution < -0.4 is 4.90 Å². The van der Waals surface area contributed by atoms with Crippen LogP contribution in [0.15, 0.2) is 24.3 Å². The summed E-state index contributed by atoms with van der Waals surface area (Å²) >= 11 is 5.76. The molecule has 0 aliphatic rings. The lowest BCUT2D eigenvalue weighted by atomic mass is 10.1. The number of carboxylic acid groups (broad SMARTS) is 2. The van der Waals surface area contributed by atoms with Gasteiger partial charge in [0.05, 0.1) is 6.42 Å². The van der Waals surface area contributed by atoms with E-state index in [1.54, 1.807) is 31.2 Å². The van der Waals surface area contributed by atoms with Gasteiger partial charge in [-0.15, -0.1) is 0 Å². The van der Waals surface area contributed by atoms with Crippen LogP contribution in [0, 0.1) is 0 Å². The molecule has 0 radical (unpaired) electrons. The summed E-state index contributed by atoms with van der Waals surface area (Å²) in [5, 5.41) is 18.4. The zero-order valence-corrected chi connectivity index (χ0v) is 10.6. The van der Waals surface area contributed by atoms with Crippen molar-refractivity contribution in [3.63, 3.8) is 0 Å². The van der Waals surface area contributed by atoms with Gasteiger partial charge in [-0.3, -0.25) is 4.79 Å². The molecule has 0 aliphatic heterocycles. The molecule has 98 valence electrons. The SMILES string of the molecule is CCN(c1ccc(Cl)cc1)C(CC(=O)O)C(=O)O. The lowest BCUT2D eigenvalue weighted by molar-refractivity contribution is -0.145. The number of carboxylic acids is 2. The number of anilines is 1. The van der Waals surface area contributed by atoms with Crippen LogP contribution in [-0.4, -0.2) is 34.7 Å². The van der Waals surface area contributed by atoms with Gasteiger partial charge in [0.15, 0.2) is 0 Å². The highest BCUT2D eigenvalue weighted by atomic mass is 35.5. The molecule has 6 heteroatoms. The minimum atomic E-state index is -1.16. The fraction of sp³-hybridized carbons (Fsp3) is 0.333. The second kappa shape index (κ2) is 6.26. The summed E-state index contributed by atoms with van der Waals surface area (Å²) in [4.78, 5) is 23.4. The first-order chi connectivity index (χ1) is 8.45. The molecular weight excluding hydrogens is 258 g/mol. The van der Waals surface area contributed by atoms with Crippen molar-refractivity contribution in [2.75, 3.05) is 11.4 Å². The van der Waals surface area contributed by atoms with Gasteiger partial charge >= 0.3 is 11.9 Å². The Balaban J connectivity index is 3.01. The molecule has 2 N–H and O–H groups in total. The molecule has 0 fully saturated rings. The summed E-state index contributed by atoms with van der Waals surface area (Å²) in [7, 11) is 0. The molecule has 0 aromatic heterocycles. The second-order valence-electron chi connectivity index (χ2n) is 3.71. The Bertz CT molecular complexity index is 432. The molecule has 0 amide bonds. The maximum atomic E-state index is 11.1. The average Bonchev–Trinajstić information content (AvgIpc) is 2.30. The highest BCUT2D eigenvalue weighted by molar-refractivity contribution is 6.30. The van der Waals surface area contributed by atoms with Gasteiger partial charge in [0.2, 0.25) is 0 Å². The summed E-state index contributed by atoms with van der Waals surface area (Å²) in [5.74, 6) is -2.30. The monoisotopic (exact) mass is 271 g/mol. The highest BCUT2D eigenvalue weighted by Gasteiger charge is 2.27. The zero-order valence-electron chi connectivity index (χ0n) is 9.84. The van der Waals surface area contributed by atoms with Gasteiger partial charge in [0.1, 0.15) is 6.04 Å². The first-order valence-electron chi connectivity index (χ1n) is 5.42. The lowest BCUT2D eigenvalue weighted by Crippen LogP contribution is -2.42. The van der Waals surface area contributed by atoms with Crippen LogP contribution in [0.5, 0.6) is 0 Å². The van der Waals surface area contributed by atoms with Crippen LogP contribution in [-0.2, 0) is 9.59 Å². The van der Waals surface area contributed by atoms with Crippen molar-refractivity contribution in [1.29, 1.82) is 0 Å². The lowest BCUT2D eigenvalue weighted by Gasteiger charge is -2.28. The fourth-order valence-corrected chi connectivity index (χ4v) is 1.84. The molecule has 0 heterocycles. The zero-order chi connectivity index (χ0) is 13.7. The summed E-state index contributed by atoms with van der Waals surface area (Å²) in [6.07, 6.45) is -0.453. The van der Waals surface area contributed by atoms with Gasteiger partial charge in [-0.25, -0.2) is 4.79 Å². The van der Waals surface area contributed by atoms with E-state index in [1.165, 1.54) is 4.90 Å². The number of hydrogen-bond acceptors (Lipinski definition) is 3. The number of aliphatic carboxylic acids is 2. The minimum Gasteiger partial charge on any atom is -0.481 e. The van der Waals surface area contributed by atoms with E-state index in [0.29, 0.717) is 17.3 Å². The molecule has 1 unspecified atom stereocenters. The van der Waals surface area contributed by atoms with Crippen molar-refractivity contribution < 1.29 is 19.8 Å². The number of likely N-dealkylation sites (N-methyl/N-ethyl adjacent to an activating group) is 1. The number of nitrogens with zero attached hydrogens (tertiary/aromatic N) is 1. The Morgan fingerprint density at radius 2 is 1.83 bits per heavy atom. The second-order valence-corrected chi connectivity index (χ2v) is 4.15. The van der Waals surface area contributed by atoms with Crippen LogP contribution in [0.2, 0.25) is 5.02 Å². The molecule has 5 nitrogen and oxygen atoms in total. The quantitative estimate of drug-likeness (QED) is 0.828. The van der Waals surface area contributed by atoms with E-state index in [2.05, 4.69) is 0 Å². The Labute approximate surface area is 110 Å². The molecule has 0 bridgehead atoms. The van der Waals surface area contributed by atoms with E-state index in [4.69, 9.17) is 21.8 Å². The van der Waals surface area contributed by atoms with E-state index in [-0.39, 0.29) is 0 Å². The maximum absolute atomic E-state index is 11.1. The number of hydrogen-bond donors (Lipinski definition) is 2. The maximum Gasteiger partial charge on any atom is 0.326 e. The van der Waals surface area contributed by atoms with E-state index in [1.807, 2.05) is 0 Å². The summed E-state index contributed by atoms with van der Waals surface area (Å²) in [6.45, 7) is 2.16. The molecule has 0 spiro atoms. The van der Waals surface area contributed by atoms with Crippen LogP contribution in [0.25, 0.3) is 0 Å². The molecule has 0 saturated heterocycles. The van der Waals surface area contributed by atoms with Crippen molar-refractivity contribution in [2.45, 2.75) is 19.4 Å². The minimum absolute atomic E-state index is 0.395. The first kappa shape index (κ1) is 14.3. The van der Waals surface area contributed by atoms with Crippen molar-refractivity contribution >= 4 is 29.2 Å². The van der Waals surface area contributed by atoms with Crippen LogP contribution >= 0.6 is 11.6 Å². The van der Waals surface area contributed by atoms with Gasteiger partial charge < -0.3 is 15.1 Å². The van der Waals surface area contributed by atoms with E-state index in [9.17, 15) is 9.59 Å². The Morgan fingerprint density at radius 1 is 1.28 bits per heavy atom. The molecule has 18 heavy (non-hydrogen) atoms. The van der Waals surface area contributed by atoms with Gasteiger partial charge in [-0.1, -0.05) is 11.6 Å². The number of carbonyl (C=O) groups is 2. The van der Waals surface area contributed by atoms with E-state index >= 15 is 0 Å². The van der Waals surface area contributed by atoms with Crippen LogP contribution in [0.3, 0.4) is 0 Å². The van der Waals surface area contributed by atoms with E-state index in [0.717, 1.165) is 0 Å². The normalized spacial score (nSPS) is 11.9. The summed E-state index contributed by atoms with van der Waals surface area (Å²) < 4.78 is 0. The Hall–Kier alpha value is -1.75. The van der Waals surface area contributed by atoms with Gasteiger partial charge in [0.25, 0.3) is 0 Å². The summed E-state index contributed by atoms with van der Waals surface area (Å²) in [6, 6.07) is 5.53. The van der Waals surface area contributed by atoms with Crippen LogP contribution in [0.4, 0.5) is 5.69 Å². The third-order valence-electron chi connectivity index (χ3n) is 2.53. The third kappa shape index (κ3) is 3.63. The predicted molar refractivity (Wildman–Crippen MR) is 68.1 cm³/mol. The highest BCUT2D eigenvalue weighted by Crippen LogP contribution is 2.21. The van der Waals surface area contributed by atoms with Crippen molar-refractivity contribution in [1.82, 2.24) is 0 Å². The van der Waals surface area contributed by atoms with Crippen LogP contribution in [0.1, 0.15) is 13.3 Å². The first-order valence-corrected chi connectivity index (χ1v) is 5.80. The molecule has 0 saturated carbocycles. The van der Waals surface area contributed by atoms with Gasteiger partial charge in [-0.2, -0.15) is 0 Å². The standard InChI is InChI=1S/C12H14ClNO4/c1-2-14(9-5-3-8(13)4-6-9)10(12(17)18)7-11(15)16/h3-6,10H,2,7H2,1H3,(H,15,16)(H,17,18). The molecule has 1 aromatic rings. The van der Waals surface area contributed by atoms with Crippen molar-refractivity contribution in [2.24, 2.45) is 0 Å². The Kier molecular flexibility index (Phi) is 4.97. The van der Waals surface area contributed by atoms with Crippen molar-refractivity contribution in [3.8, 4) is 0 Å². The summed E-state index contributed by atoms with van der Waals surface area (Å²) in [5.41, 5.74) is 0.635. The van der Waals surface area contributed by atoms with Gasteiger partial charge in [0, 0.05) is 17.3 Å². The van der Waals surface area contributed by atoms with E-state index < -0.39 is 24.4 Å². The molecule has 1 atom stereocenters. The van der Waals surface area contributed by atoms with Gasteiger partial charge in [-0.05, 0) is 31.2 Å². The predicted octanol–water partition coefficient (Wildman–Crippen LogP) is 2.09. The smallest absolute Gasteiger partial charge is 0.326 e. The third-order valence-corrected chi connectivity index (χ3v) is 2.78. The fourth-order valence-electron chi connectivity index (χ4n) is 1.71. The largest absolute Gasteiger partial charge is 0.481 e. The average molecular weight is 272 g/mol. The Morgan fingerprint density at radius 3 is 2.22 bits per heavy atom. The molecule has 1 rings (SSSR count).